The van der Waals surface area contributed by atoms with E-state index in [9.17, 15) is 8.42 Å². The SMILES string of the molecule is CC(C)(C)S(=O)(=O)CCOc1ccc2c(c1)CC[C@H]2N. The first-order valence-corrected chi connectivity index (χ1v) is 8.59. The van der Waals surface area contributed by atoms with E-state index in [2.05, 4.69) is 0 Å². The van der Waals surface area contributed by atoms with E-state index in [4.69, 9.17) is 10.5 Å². The topological polar surface area (TPSA) is 69.4 Å². The Balaban J connectivity index is 1.96. The molecular weight excluding hydrogens is 274 g/mol. The van der Waals surface area contributed by atoms with Gasteiger partial charge in [0.05, 0.1) is 10.5 Å². The van der Waals surface area contributed by atoms with Crippen molar-refractivity contribution in [2.45, 2.75) is 44.4 Å². The van der Waals surface area contributed by atoms with Gasteiger partial charge in [-0.2, -0.15) is 0 Å². The molecule has 0 saturated heterocycles. The summed E-state index contributed by atoms with van der Waals surface area (Å²) in [6, 6.07) is 5.96. The summed E-state index contributed by atoms with van der Waals surface area (Å²) in [5, 5.41) is 0. The average Bonchev–Trinajstić information content (AvgIpc) is 2.69. The van der Waals surface area contributed by atoms with E-state index >= 15 is 0 Å². The Morgan fingerprint density at radius 3 is 2.70 bits per heavy atom. The Bertz CT molecular complexity index is 588. The zero-order valence-corrected chi connectivity index (χ0v) is 13.2. The molecule has 0 aliphatic heterocycles. The van der Waals surface area contributed by atoms with Crippen LogP contribution in [0.2, 0.25) is 0 Å². The molecule has 0 saturated carbocycles. The van der Waals surface area contributed by atoms with E-state index in [1.807, 2.05) is 18.2 Å². The van der Waals surface area contributed by atoms with E-state index in [1.54, 1.807) is 20.8 Å². The number of fused-ring (bicyclic) bond motifs is 1. The van der Waals surface area contributed by atoms with Crippen molar-refractivity contribution in [1.82, 2.24) is 0 Å². The first-order valence-electron chi connectivity index (χ1n) is 6.94. The minimum absolute atomic E-state index is 0.0348. The summed E-state index contributed by atoms with van der Waals surface area (Å²) >= 11 is 0. The highest BCUT2D eigenvalue weighted by atomic mass is 32.2. The maximum absolute atomic E-state index is 12.0. The molecule has 4 nitrogen and oxygen atoms in total. The minimum Gasteiger partial charge on any atom is -0.493 e. The third kappa shape index (κ3) is 3.15. The van der Waals surface area contributed by atoms with Gasteiger partial charge in [-0.1, -0.05) is 6.07 Å². The predicted octanol–water partition coefficient (Wildman–Crippen LogP) is 2.22. The number of benzene rings is 1. The fourth-order valence-electron chi connectivity index (χ4n) is 2.29. The van der Waals surface area contributed by atoms with Crippen molar-refractivity contribution in [2.24, 2.45) is 5.73 Å². The second kappa shape index (κ2) is 5.37. The molecule has 1 aromatic carbocycles. The van der Waals surface area contributed by atoms with Crippen LogP contribution < -0.4 is 10.5 Å². The normalized spacial score (nSPS) is 18.9. The van der Waals surface area contributed by atoms with Crippen molar-refractivity contribution < 1.29 is 13.2 Å². The molecule has 112 valence electrons. The van der Waals surface area contributed by atoms with E-state index < -0.39 is 14.6 Å². The molecular formula is C15H23NO3S. The summed E-state index contributed by atoms with van der Waals surface area (Å²) < 4.78 is 28.8. The Kier molecular flexibility index (Phi) is 4.12. The largest absolute Gasteiger partial charge is 0.493 e. The summed E-state index contributed by atoms with van der Waals surface area (Å²) in [6.45, 7) is 5.31. The molecule has 0 unspecified atom stereocenters. The molecule has 0 radical (unpaired) electrons. The second-order valence-corrected chi connectivity index (χ2v) is 9.15. The van der Waals surface area contributed by atoms with E-state index in [-0.39, 0.29) is 18.4 Å². The van der Waals surface area contributed by atoms with Gasteiger partial charge in [-0.15, -0.1) is 0 Å². The average molecular weight is 297 g/mol. The lowest BCUT2D eigenvalue weighted by Crippen LogP contribution is -2.32. The van der Waals surface area contributed by atoms with Crippen molar-refractivity contribution in [3.05, 3.63) is 29.3 Å². The number of hydrogen-bond donors (Lipinski definition) is 1. The highest BCUT2D eigenvalue weighted by Crippen LogP contribution is 2.31. The quantitative estimate of drug-likeness (QED) is 0.925. The Hall–Kier alpha value is -1.07. The number of sulfone groups is 1. The van der Waals surface area contributed by atoms with Gasteiger partial charge in [0.1, 0.15) is 12.4 Å². The van der Waals surface area contributed by atoms with Crippen molar-refractivity contribution in [1.29, 1.82) is 0 Å². The third-order valence-corrected chi connectivity index (χ3v) is 6.36. The van der Waals surface area contributed by atoms with Crippen LogP contribution in [0.5, 0.6) is 5.75 Å². The molecule has 2 N–H and O–H groups in total. The molecule has 1 aliphatic carbocycles. The van der Waals surface area contributed by atoms with Crippen LogP contribution in [0.15, 0.2) is 18.2 Å². The van der Waals surface area contributed by atoms with Crippen LogP contribution in [0.25, 0.3) is 0 Å². The monoisotopic (exact) mass is 297 g/mol. The van der Waals surface area contributed by atoms with Crippen molar-refractivity contribution in [3.63, 3.8) is 0 Å². The van der Waals surface area contributed by atoms with Crippen molar-refractivity contribution in [2.75, 3.05) is 12.4 Å². The smallest absolute Gasteiger partial charge is 0.158 e. The molecule has 1 atom stereocenters. The lowest BCUT2D eigenvalue weighted by Gasteiger charge is -2.19. The third-order valence-electron chi connectivity index (χ3n) is 3.79. The van der Waals surface area contributed by atoms with Crippen LogP contribution in [0.4, 0.5) is 0 Å². The summed E-state index contributed by atoms with van der Waals surface area (Å²) in [7, 11) is -3.13. The predicted molar refractivity (Wildman–Crippen MR) is 80.7 cm³/mol. The van der Waals surface area contributed by atoms with Gasteiger partial charge >= 0.3 is 0 Å². The fourth-order valence-corrected chi connectivity index (χ4v) is 3.21. The van der Waals surface area contributed by atoms with Gasteiger partial charge in [0, 0.05) is 6.04 Å². The molecule has 0 fully saturated rings. The summed E-state index contributed by atoms with van der Waals surface area (Å²) in [5.74, 6) is 0.759. The van der Waals surface area contributed by atoms with E-state index in [0.717, 1.165) is 18.6 Å². The fraction of sp³-hybridized carbons (Fsp3) is 0.600. The number of nitrogens with two attached hydrogens (primary N) is 1. The number of ether oxygens (including phenoxy) is 1. The lowest BCUT2D eigenvalue weighted by atomic mass is 10.1. The van der Waals surface area contributed by atoms with Crippen molar-refractivity contribution >= 4 is 9.84 Å². The Morgan fingerprint density at radius 1 is 1.35 bits per heavy atom. The Labute approximate surface area is 121 Å². The van der Waals surface area contributed by atoms with Crippen LogP contribution in [0.1, 0.15) is 44.4 Å². The molecule has 1 aromatic rings. The van der Waals surface area contributed by atoms with Gasteiger partial charge in [0.2, 0.25) is 0 Å². The maximum atomic E-state index is 12.0. The first kappa shape index (κ1) is 15.3. The summed E-state index contributed by atoms with van der Waals surface area (Å²) in [4.78, 5) is 0. The maximum Gasteiger partial charge on any atom is 0.158 e. The molecule has 0 amide bonds. The second-order valence-electron chi connectivity index (χ2n) is 6.29. The molecule has 0 bridgehead atoms. The van der Waals surface area contributed by atoms with Gasteiger partial charge in [0.15, 0.2) is 9.84 Å². The standard InChI is InChI=1S/C15H23NO3S/c1-15(2,3)20(17,18)9-8-19-12-5-6-13-11(10-12)4-7-14(13)16/h5-6,10,14H,4,7-9,16H2,1-3H3/t14-/m1/s1. The van der Waals surface area contributed by atoms with Gasteiger partial charge in [0.25, 0.3) is 0 Å². The van der Waals surface area contributed by atoms with Gasteiger partial charge in [-0.3, -0.25) is 0 Å². The molecule has 2 rings (SSSR count). The number of hydrogen-bond acceptors (Lipinski definition) is 4. The van der Waals surface area contributed by atoms with Crippen LogP contribution in [0.3, 0.4) is 0 Å². The van der Waals surface area contributed by atoms with Crippen LogP contribution in [0, 0.1) is 0 Å². The molecule has 0 heterocycles. The Morgan fingerprint density at radius 2 is 2.05 bits per heavy atom. The minimum atomic E-state index is -3.13. The zero-order chi connectivity index (χ0) is 15.0. The summed E-state index contributed by atoms with van der Waals surface area (Å²) in [6.07, 6.45) is 1.94. The van der Waals surface area contributed by atoms with Crippen LogP contribution >= 0.6 is 0 Å². The van der Waals surface area contributed by atoms with Crippen LogP contribution in [-0.2, 0) is 16.3 Å². The lowest BCUT2D eigenvalue weighted by molar-refractivity contribution is 0.339. The highest BCUT2D eigenvalue weighted by Gasteiger charge is 2.28. The first-order chi connectivity index (χ1) is 9.21. The van der Waals surface area contributed by atoms with Crippen LogP contribution in [-0.4, -0.2) is 25.5 Å². The van der Waals surface area contributed by atoms with E-state index in [1.165, 1.54) is 11.1 Å². The van der Waals surface area contributed by atoms with E-state index in [0.29, 0.717) is 0 Å². The molecule has 5 heteroatoms. The molecule has 0 aromatic heterocycles. The van der Waals surface area contributed by atoms with Crippen molar-refractivity contribution in [3.8, 4) is 5.75 Å². The van der Waals surface area contributed by atoms with Gasteiger partial charge in [-0.25, -0.2) is 8.42 Å². The van der Waals surface area contributed by atoms with Gasteiger partial charge in [-0.05, 0) is 56.9 Å². The highest BCUT2D eigenvalue weighted by molar-refractivity contribution is 7.92. The number of aryl methyl sites for hydroxylation is 1. The molecule has 0 spiro atoms. The zero-order valence-electron chi connectivity index (χ0n) is 12.3. The molecule has 1 aliphatic rings. The summed E-state index contributed by atoms with van der Waals surface area (Å²) in [5.41, 5.74) is 8.38. The molecule has 20 heavy (non-hydrogen) atoms. The van der Waals surface area contributed by atoms with Gasteiger partial charge < -0.3 is 10.5 Å². The number of rotatable bonds is 4.